The Labute approximate surface area is 186 Å². The van der Waals surface area contributed by atoms with Gasteiger partial charge in [0.2, 0.25) is 0 Å². The Kier molecular flexibility index (Phi) is 5.64. The van der Waals surface area contributed by atoms with Crippen LogP contribution in [0.15, 0.2) is 55.0 Å². The molecule has 0 radical (unpaired) electrons. The molecule has 2 N–H and O–H groups in total. The van der Waals surface area contributed by atoms with Crippen LogP contribution in [-0.4, -0.2) is 45.1 Å². The smallest absolute Gasteiger partial charge is 0.338 e. The molecule has 0 unspecified atom stereocenters. The van der Waals surface area contributed by atoms with E-state index >= 15 is 0 Å². The summed E-state index contributed by atoms with van der Waals surface area (Å²) in [6.45, 7) is 3.32. The summed E-state index contributed by atoms with van der Waals surface area (Å²) in [6.07, 6.45) is 6.68. The number of fused-ring (bicyclic) bond motifs is 1. The van der Waals surface area contributed by atoms with Crippen LogP contribution in [0.25, 0.3) is 33.5 Å². The summed E-state index contributed by atoms with van der Waals surface area (Å²) in [4.78, 5) is 29.7. The van der Waals surface area contributed by atoms with Crippen molar-refractivity contribution < 1.29 is 9.53 Å². The second-order valence-corrected chi connectivity index (χ2v) is 8.13. The zero-order chi connectivity index (χ0) is 21.9. The molecule has 4 heterocycles. The number of hydrogen-bond acceptors (Lipinski definition) is 6. The Morgan fingerprint density at radius 1 is 1.16 bits per heavy atom. The molecule has 1 aliphatic rings. The number of esters is 1. The van der Waals surface area contributed by atoms with Gasteiger partial charge in [-0.3, -0.25) is 9.97 Å². The van der Waals surface area contributed by atoms with Gasteiger partial charge in [0, 0.05) is 28.9 Å². The quantitative estimate of drug-likeness (QED) is 0.462. The second-order valence-electron chi connectivity index (χ2n) is 8.13. The van der Waals surface area contributed by atoms with Gasteiger partial charge >= 0.3 is 5.97 Å². The van der Waals surface area contributed by atoms with E-state index in [0.717, 1.165) is 52.2 Å². The third kappa shape index (κ3) is 4.11. The standard InChI is InChI=1S/C25H25N5O2/c1-16-5-4-7-22(30-16)24-23(28-15-29-24)17-8-9-21-20(13-17)19(10-12-27-21)25(31)32-14-18-6-2-3-11-26-18/h4-5,7-10,12-13,15,18,26H,2-3,6,11,14H2,1H3,(H,28,29)/t18-/m0/s1. The minimum absolute atomic E-state index is 0.227. The van der Waals surface area contributed by atoms with E-state index in [9.17, 15) is 4.79 Å². The Morgan fingerprint density at radius 2 is 2.09 bits per heavy atom. The predicted molar refractivity (Wildman–Crippen MR) is 123 cm³/mol. The van der Waals surface area contributed by atoms with Gasteiger partial charge in [-0.2, -0.15) is 0 Å². The molecule has 7 heteroatoms. The lowest BCUT2D eigenvalue weighted by Crippen LogP contribution is -2.38. The molecule has 0 spiro atoms. The lowest BCUT2D eigenvalue weighted by atomic mass is 10.0. The number of piperidine rings is 1. The molecule has 1 fully saturated rings. The number of hydrogen-bond donors (Lipinski definition) is 2. The summed E-state index contributed by atoms with van der Waals surface area (Å²) in [5, 5.41) is 4.16. The number of imidazole rings is 1. The zero-order valence-electron chi connectivity index (χ0n) is 18.0. The third-order valence-electron chi connectivity index (χ3n) is 5.85. The maximum atomic E-state index is 12.9. The summed E-state index contributed by atoms with van der Waals surface area (Å²) in [5.74, 6) is -0.329. The lowest BCUT2D eigenvalue weighted by molar-refractivity contribution is 0.0453. The van der Waals surface area contributed by atoms with Crippen molar-refractivity contribution >= 4 is 16.9 Å². The average Bonchev–Trinajstić information content (AvgIpc) is 3.32. The van der Waals surface area contributed by atoms with Crippen LogP contribution in [-0.2, 0) is 4.74 Å². The van der Waals surface area contributed by atoms with Crippen LogP contribution in [0, 0.1) is 6.92 Å². The second kappa shape index (κ2) is 8.88. The van der Waals surface area contributed by atoms with Crippen molar-refractivity contribution in [1.29, 1.82) is 0 Å². The summed E-state index contributed by atoms with van der Waals surface area (Å²) in [7, 11) is 0. The van der Waals surface area contributed by atoms with Crippen LogP contribution in [0.1, 0.15) is 35.3 Å². The molecule has 0 bridgehead atoms. The van der Waals surface area contributed by atoms with E-state index in [0.29, 0.717) is 12.2 Å². The van der Waals surface area contributed by atoms with Crippen molar-refractivity contribution in [2.45, 2.75) is 32.2 Å². The van der Waals surface area contributed by atoms with Crippen molar-refractivity contribution in [2.24, 2.45) is 0 Å². The number of ether oxygens (including phenoxy) is 1. The monoisotopic (exact) mass is 427 g/mol. The first kappa shape index (κ1) is 20.3. The molecule has 5 rings (SSSR count). The van der Waals surface area contributed by atoms with Gasteiger partial charge in [0.05, 0.1) is 34.5 Å². The van der Waals surface area contributed by atoms with E-state index in [1.54, 1.807) is 18.6 Å². The topological polar surface area (TPSA) is 92.8 Å². The van der Waals surface area contributed by atoms with Gasteiger partial charge in [-0.05, 0) is 56.6 Å². The van der Waals surface area contributed by atoms with Crippen molar-refractivity contribution in [3.05, 3.63) is 66.2 Å². The van der Waals surface area contributed by atoms with Gasteiger partial charge in [-0.1, -0.05) is 18.6 Å². The number of aryl methyl sites for hydroxylation is 1. The summed E-state index contributed by atoms with van der Waals surface area (Å²) in [5.41, 5.74) is 5.51. The van der Waals surface area contributed by atoms with Gasteiger partial charge in [0.15, 0.2) is 0 Å². The highest BCUT2D eigenvalue weighted by molar-refractivity contribution is 6.04. The Morgan fingerprint density at radius 3 is 2.94 bits per heavy atom. The van der Waals surface area contributed by atoms with Crippen molar-refractivity contribution in [1.82, 2.24) is 25.3 Å². The molecular formula is C25H25N5O2. The lowest BCUT2D eigenvalue weighted by Gasteiger charge is -2.23. The predicted octanol–water partition coefficient (Wildman–Crippen LogP) is 4.29. The fraction of sp³-hybridized carbons (Fsp3) is 0.280. The Bertz CT molecular complexity index is 1260. The van der Waals surface area contributed by atoms with E-state index < -0.39 is 0 Å². The molecule has 1 saturated heterocycles. The number of carbonyl (C=O) groups is 1. The third-order valence-corrected chi connectivity index (χ3v) is 5.85. The fourth-order valence-electron chi connectivity index (χ4n) is 4.18. The van der Waals surface area contributed by atoms with E-state index in [1.807, 2.05) is 43.3 Å². The van der Waals surface area contributed by atoms with Crippen LogP contribution in [0.4, 0.5) is 0 Å². The van der Waals surface area contributed by atoms with Gasteiger partial charge in [0.25, 0.3) is 0 Å². The van der Waals surface area contributed by atoms with Crippen molar-refractivity contribution in [3.8, 4) is 22.6 Å². The fourth-order valence-corrected chi connectivity index (χ4v) is 4.18. The first-order valence-electron chi connectivity index (χ1n) is 11.0. The SMILES string of the molecule is Cc1cccc(-c2[nH]cnc2-c2ccc3nccc(C(=O)OC[C@@H]4CCCCN4)c3c2)n1. The minimum Gasteiger partial charge on any atom is -0.460 e. The molecule has 1 atom stereocenters. The van der Waals surface area contributed by atoms with Crippen molar-refractivity contribution in [2.75, 3.05) is 13.2 Å². The number of nitrogens with zero attached hydrogens (tertiary/aromatic N) is 3. The molecule has 0 saturated carbocycles. The number of aromatic nitrogens is 4. The number of rotatable bonds is 5. The van der Waals surface area contributed by atoms with E-state index in [1.165, 1.54) is 12.8 Å². The summed E-state index contributed by atoms with van der Waals surface area (Å²) >= 11 is 0. The molecule has 0 amide bonds. The maximum absolute atomic E-state index is 12.9. The molecule has 1 aliphatic heterocycles. The number of H-pyrrole nitrogens is 1. The first-order valence-corrected chi connectivity index (χ1v) is 11.0. The highest BCUT2D eigenvalue weighted by Crippen LogP contribution is 2.31. The Hall–Kier alpha value is -3.58. The van der Waals surface area contributed by atoms with Crippen LogP contribution in [0.5, 0.6) is 0 Å². The number of aromatic amines is 1. The molecular weight excluding hydrogens is 402 g/mol. The maximum Gasteiger partial charge on any atom is 0.338 e. The van der Waals surface area contributed by atoms with E-state index in [2.05, 4.69) is 25.3 Å². The van der Waals surface area contributed by atoms with Gasteiger partial charge in [-0.15, -0.1) is 0 Å². The summed E-state index contributed by atoms with van der Waals surface area (Å²) in [6, 6.07) is 13.7. The number of nitrogens with one attached hydrogen (secondary N) is 2. The first-order chi connectivity index (χ1) is 15.7. The zero-order valence-corrected chi connectivity index (χ0v) is 18.0. The molecule has 3 aromatic heterocycles. The summed E-state index contributed by atoms with van der Waals surface area (Å²) < 4.78 is 5.65. The minimum atomic E-state index is -0.329. The van der Waals surface area contributed by atoms with Crippen LogP contribution in [0.3, 0.4) is 0 Å². The molecule has 0 aliphatic carbocycles. The molecule has 1 aromatic carbocycles. The van der Waals surface area contributed by atoms with Crippen LogP contribution >= 0.6 is 0 Å². The van der Waals surface area contributed by atoms with Crippen LogP contribution < -0.4 is 5.32 Å². The Balaban J connectivity index is 1.47. The molecule has 4 aromatic rings. The highest BCUT2D eigenvalue weighted by Gasteiger charge is 2.19. The molecule has 162 valence electrons. The molecule has 32 heavy (non-hydrogen) atoms. The van der Waals surface area contributed by atoms with Gasteiger partial charge in [0.1, 0.15) is 6.61 Å². The van der Waals surface area contributed by atoms with Gasteiger partial charge < -0.3 is 15.0 Å². The van der Waals surface area contributed by atoms with Crippen LogP contribution in [0.2, 0.25) is 0 Å². The number of carbonyl (C=O) groups excluding carboxylic acids is 1. The van der Waals surface area contributed by atoms with Gasteiger partial charge in [-0.25, -0.2) is 9.78 Å². The van der Waals surface area contributed by atoms with E-state index in [-0.39, 0.29) is 12.0 Å². The number of benzene rings is 1. The largest absolute Gasteiger partial charge is 0.460 e. The number of pyridine rings is 2. The van der Waals surface area contributed by atoms with E-state index in [4.69, 9.17) is 4.74 Å². The highest BCUT2D eigenvalue weighted by atomic mass is 16.5. The molecule has 7 nitrogen and oxygen atoms in total. The average molecular weight is 428 g/mol. The normalized spacial score (nSPS) is 16.2. The van der Waals surface area contributed by atoms with Crippen molar-refractivity contribution in [3.63, 3.8) is 0 Å².